The molecule has 3 aromatic rings. The van der Waals surface area contributed by atoms with Crippen LogP contribution in [0.25, 0.3) is 0 Å². The van der Waals surface area contributed by atoms with Crippen molar-refractivity contribution in [3.05, 3.63) is 108 Å². The molecule has 194 valence electrons. The maximum absolute atomic E-state index is 13.1. The number of hydrogen-bond acceptors (Lipinski definition) is 6. The first kappa shape index (κ1) is 25.6. The molecule has 0 unspecified atom stereocenters. The van der Waals surface area contributed by atoms with Gasteiger partial charge in [0.1, 0.15) is 18.3 Å². The fourth-order valence-corrected chi connectivity index (χ4v) is 5.13. The van der Waals surface area contributed by atoms with Crippen LogP contribution in [0.1, 0.15) is 23.1 Å². The minimum atomic E-state index is -1.46. The highest BCUT2D eigenvalue weighted by atomic mass is 16.6. The third kappa shape index (κ3) is 6.09. The number of rotatable bonds is 9. The molecule has 0 spiro atoms. The van der Waals surface area contributed by atoms with Crippen LogP contribution in [-0.4, -0.2) is 64.1 Å². The zero-order valence-corrected chi connectivity index (χ0v) is 20.6. The molecule has 1 amide bonds. The molecular formula is C30H33NO6. The molecule has 3 aromatic carbocycles. The molecule has 0 saturated carbocycles. The summed E-state index contributed by atoms with van der Waals surface area (Å²) in [5.41, 5.74) is 3.02. The molecule has 7 heteroatoms. The van der Waals surface area contributed by atoms with Gasteiger partial charge in [0, 0.05) is 0 Å². The highest BCUT2D eigenvalue weighted by Crippen LogP contribution is 2.34. The van der Waals surface area contributed by atoms with Crippen molar-refractivity contribution in [1.82, 2.24) is 4.90 Å². The lowest BCUT2D eigenvalue weighted by Crippen LogP contribution is -2.69. The van der Waals surface area contributed by atoms with Crippen molar-refractivity contribution < 1.29 is 29.2 Å². The van der Waals surface area contributed by atoms with Gasteiger partial charge in [-0.3, -0.25) is 4.79 Å². The second-order valence-corrected chi connectivity index (χ2v) is 9.66. The number of amides is 1. The molecule has 0 aromatic heterocycles. The predicted octanol–water partition coefficient (Wildman–Crippen LogP) is 3.08. The van der Waals surface area contributed by atoms with Gasteiger partial charge in [-0.15, -0.1) is 0 Å². The average molecular weight is 504 g/mol. The van der Waals surface area contributed by atoms with Crippen molar-refractivity contribution in [3.63, 3.8) is 0 Å². The quantitative estimate of drug-likeness (QED) is 0.467. The van der Waals surface area contributed by atoms with Gasteiger partial charge in [0.25, 0.3) is 5.91 Å². The van der Waals surface area contributed by atoms with E-state index in [9.17, 15) is 15.0 Å². The summed E-state index contributed by atoms with van der Waals surface area (Å²) in [5, 5.41) is 20.8. The van der Waals surface area contributed by atoms with Gasteiger partial charge < -0.3 is 29.3 Å². The average Bonchev–Trinajstić information content (AvgIpc) is 2.94. The van der Waals surface area contributed by atoms with Gasteiger partial charge in [-0.25, -0.2) is 0 Å². The van der Waals surface area contributed by atoms with Crippen LogP contribution in [0.5, 0.6) is 0 Å². The van der Waals surface area contributed by atoms with E-state index in [1.165, 1.54) is 0 Å². The summed E-state index contributed by atoms with van der Waals surface area (Å²) in [6, 6.07) is 29.1. The molecule has 2 aliphatic heterocycles. The number of benzene rings is 3. The van der Waals surface area contributed by atoms with Gasteiger partial charge in [0.2, 0.25) is 0 Å². The van der Waals surface area contributed by atoms with E-state index in [0.29, 0.717) is 19.8 Å². The minimum absolute atomic E-state index is 0.197. The normalized spacial score (nSPS) is 27.6. The third-order valence-electron chi connectivity index (χ3n) is 7.11. The fraction of sp³-hybridized carbons (Fsp3) is 0.367. The second kappa shape index (κ2) is 12.0. The Labute approximate surface area is 217 Å². The van der Waals surface area contributed by atoms with Gasteiger partial charge in [0.05, 0.1) is 38.5 Å². The molecule has 2 heterocycles. The van der Waals surface area contributed by atoms with Crippen molar-refractivity contribution >= 4 is 5.91 Å². The summed E-state index contributed by atoms with van der Waals surface area (Å²) >= 11 is 0. The first-order valence-electron chi connectivity index (χ1n) is 12.7. The predicted molar refractivity (Wildman–Crippen MR) is 137 cm³/mol. The molecule has 0 bridgehead atoms. The number of hydrogen-bond donors (Lipinski definition) is 2. The summed E-state index contributed by atoms with van der Waals surface area (Å²) in [7, 11) is 0. The molecule has 2 aliphatic rings. The van der Waals surface area contributed by atoms with Gasteiger partial charge in [0.15, 0.2) is 6.10 Å². The van der Waals surface area contributed by atoms with E-state index in [1.807, 2.05) is 91.0 Å². The lowest BCUT2D eigenvalue weighted by atomic mass is 9.84. The number of fused-ring (bicyclic) bond motifs is 1. The highest BCUT2D eigenvalue weighted by Gasteiger charge is 2.52. The minimum Gasteiger partial charge on any atom is -0.390 e. The third-order valence-corrected chi connectivity index (χ3v) is 7.11. The van der Waals surface area contributed by atoms with Crippen molar-refractivity contribution in [1.29, 1.82) is 0 Å². The van der Waals surface area contributed by atoms with Crippen LogP contribution in [0.15, 0.2) is 91.0 Å². The van der Waals surface area contributed by atoms with E-state index in [0.717, 1.165) is 16.7 Å². The first-order valence-corrected chi connectivity index (χ1v) is 12.7. The molecule has 0 radical (unpaired) electrons. The highest BCUT2D eigenvalue weighted by molar-refractivity contribution is 5.83. The van der Waals surface area contributed by atoms with Crippen molar-refractivity contribution in [3.8, 4) is 0 Å². The number of carbonyl (C=O) groups is 1. The Morgan fingerprint density at radius 3 is 1.65 bits per heavy atom. The Hall–Kier alpha value is -3.07. The van der Waals surface area contributed by atoms with Crippen molar-refractivity contribution in [2.45, 2.75) is 62.8 Å². The number of piperidine rings is 2. The Morgan fingerprint density at radius 1 is 0.676 bits per heavy atom. The van der Waals surface area contributed by atoms with Crippen LogP contribution >= 0.6 is 0 Å². The summed E-state index contributed by atoms with van der Waals surface area (Å²) in [5.74, 6) is -0.508. The summed E-state index contributed by atoms with van der Waals surface area (Å²) in [6.07, 6.45) is -3.97. The van der Waals surface area contributed by atoms with E-state index < -0.39 is 42.5 Å². The lowest BCUT2D eigenvalue weighted by molar-refractivity contribution is -0.221. The van der Waals surface area contributed by atoms with Gasteiger partial charge in [-0.2, -0.15) is 0 Å². The first-order chi connectivity index (χ1) is 18.1. The maximum atomic E-state index is 13.1. The standard InChI is InChI=1S/C30H33NO6/c32-25-16-24-28(36-19-22-12-6-2-7-13-22)29(37-20-23-14-8-3-9-15-23)26(17-31(24)30(34)27(25)33)35-18-21-10-4-1-5-11-21/h1-15,24-29,32-33H,16-20H2/t24-,25+,26+,27+,28-,29-/m0/s1. The summed E-state index contributed by atoms with van der Waals surface area (Å²) in [6.45, 7) is 1.26. The topological polar surface area (TPSA) is 88.5 Å². The monoisotopic (exact) mass is 503 g/mol. The Morgan fingerprint density at radius 2 is 1.14 bits per heavy atom. The maximum Gasteiger partial charge on any atom is 0.254 e. The van der Waals surface area contributed by atoms with Crippen LogP contribution in [0, 0.1) is 0 Å². The zero-order valence-electron chi connectivity index (χ0n) is 20.6. The molecular weight excluding hydrogens is 470 g/mol. The molecule has 2 saturated heterocycles. The van der Waals surface area contributed by atoms with Crippen molar-refractivity contribution in [2.75, 3.05) is 6.54 Å². The Kier molecular flexibility index (Phi) is 8.28. The van der Waals surface area contributed by atoms with Crippen LogP contribution in [0.2, 0.25) is 0 Å². The SMILES string of the molecule is O=C1[C@H](O)[C@H](O)C[C@H]2[C@H](OCc3ccccc3)[C@@H](OCc3ccccc3)[C@H](OCc3ccccc3)CN12. The van der Waals surface area contributed by atoms with Gasteiger partial charge in [-0.1, -0.05) is 91.0 Å². The smallest absolute Gasteiger partial charge is 0.254 e. The fourth-order valence-electron chi connectivity index (χ4n) is 5.13. The number of aliphatic hydroxyl groups excluding tert-OH is 2. The van der Waals surface area contributed by atoms with E-state index in [2.05, 4.69) is 0 Å². The van der Waals surface area contributed by atoms with Crippen LogP contribution in [0.3, 0.4) is 0 Å². The van der Waals surface area contributed by atoms with E-state index in [1.54, 1.807) is 4.90 Å². The number of aliphatic hydroxyl groups is 2. The Bertz CT molecular complexity index is 1130. The van der Waals surface area contributed by atoms with Crippen LogP contribution < -0.4 is 0 Å². The lowest BCUT2D eigenvalue weighted by Gasteiger charge is -2.51. The van der Waals surface area contributed by atoms with Gasteiger partial charge >= 0.3 is 0 Å². The molecule has 2 fully saturated rings. The second-order valence-electron chi connectivity index (χ2n) is 9.66. The van der Waals surface area contributed by atoms with Gasteiger partial charge in [-0.05, 0) is 23.1 Å². The van der Waals surface area contributed by atoms with Crippen molar-refractivity contribution in [2.24, 2.45) is 0 Å². The van der Waals surface area contributed by atoms with E-state index in [4.69, 9.17) is 14.2 Å². The molecule has 5 rings (SSSR count). The molecule has 37 heavy (non-hydrogen) atoms. The molecule has 7 nitrogen and oxygen atoms in total. The Balaban J connectivity index is 1.43. The molecule has 0 aliphatic carbocycles. The number of nitrogens with zero attached hydrogens (tertiary/aromatic N) is 1. The summed E-state index contributed by atoms with van der Waals surface area (Å²) < 4.78 is 19.3. The number of ether oxygens (including phenoxy) is 3. The van der Waals surface area contributed by atoms with Crippen LogP contribution in [0.4, 0.5) is 0 Å². The van der Waals surface area contributed by atoms with Crippen LogP contribution in [-0.2, 0) is 38.8 Å². The molecule has 6 atom stereocenters. The van der Waals surface area contributed by atoms with E-state index >= 15 is 0 Å². The van der Waals surface area contributed by atoms with E-state index in [-0.39, 0.29) is 13.0 Å². The largest absolute Gasteiger partial charge is 0.390 e. The molecule has 2 N–H and O–H groups in total. The zero-order chi connectivity index (χ0) is 25.6. The summed E-state index contributed by atoms with van der Waals surface area (Å²) in [4.78, 5) is 14.7. The number of carbonyl (C=O) groups excluding carboxylic acids is 1.